The van der Waals surface area contributed by atoms with Crippen molar-refractivity contribution in [3.8, 4) is 0 Å². The van der Waals surface area contributed by atoms with Gasteiger partial charge in [0, 0.05) is 18.8 Å². The molecule has 6 heteroatoms. The predicted molar refractivity (Wildman–Crippen MR) is 135 cm³/mol. The molecule has 0 unspecified atom stereocenters. The summed E-state index contributed by atoms with van der Waals surface area (Å²) in [5, 5.41) is 20.5. The summed E-state index contributed by atoms with van der Waals surface area (Å²) in [5.74, 6) is -0.387. The molecule has 3 aliphatic rings. The number of hydrogen-bond acceptors (Lipinski definition) is 6. The molecular formula is C29H40O6. The van der Waals surface area contributed by atoms with E-state index in [2.05, 4.69) is 32.7 Å². The van der Waals surface area contributed by atoms with Gasteiger partial charge in [-0.15, -0.1) is 19.7 Å². The summed E-state index contributed by atoms with van der Waals surface area (Å²) in [5.41, 5.74) is 0.169. The minimum atomic E-state index is -0.810. The van der Waals surface area contributed by atoms with Crippen LogP contribution in [0, 0.1) is 23.2 Å². The van der Waals surface area contributed by atoms with Crippen LogP contribution in [0.25, 0.3) is 0 Å². The van der Waals surface area contributed by atoms with Crippen molar-refractivity contribution >= 4 is 11.9 Å². The molecule has 2 aliphatic carbocycles. The highest BCUT2D eigenvalue weighted by molar-refractivity contribution is 5.78. The Labute approximate surface area is 209 Å². The highest BCUT2D eigenvalue weighted by Crippen LogP contribution is 2.45. The van der Waals surface area contributed by atoms with Gasteiger partial charge in [0.25, 0.3) is 0 Å². The van der Waals surface area contributed by atoms with Gasteiger partial charge in [-0.1, -0.05) is 43.4 Å². The van der Waals surface area contributed by atoms with Gasteiger partial charge in [0.1, 0.15) is 12.2 Å². The van der Waals surface area contributed by atoms with E-state index in [9.17, 15) is 19.8 Å². The fraction of sp³-hybridized carbons (Fsp3) is 0.586. The largest absolute Gasteiger partial charge is 0.462 e. The van der Waals surface area contributed by atoms with Gasteiger partial charge in [-0.25, -0.2) is 0 Å². The molecule has 1 heterocycles. The lowest BCUT2D eigenvalue weighted by molar-refractivity contribution is -0.168. The van der Waals surface area contributed by atoms with Crippen LogP contribution in [0.1, 0.15) is 58.3 Å². The second-order valence-electron chi connectivity index (χ2n) is 10.4. The predicted octanol–water partition coefficient (Wildman–Crippen LogP) is 4.59. The number of carbonyl (C=O) groups is 2. The van der Waals surface area contributed by atoms with Crippen LogP contribution >= 0.6 is 0 Å². The zero-order valence-corrected chi connectivity index (χ0v) is 20.8. The van der Waals surface area contributed by atoms with Crippen LogP contribution in [0.2, 0.25) is 0 Å². The van der Waals surface area contributed by atoms with Gasteiger partial charge in [0.2, 0.25) is 0 Å². The minimum absolute atomic E-state index is 0.0480. The lowest BCUT2D eigenvalue weighted by Gasteiger charge is -2.44. The lowest BCUT2D eigenvalue weighted by Crippen LogP contribution is -2.45. The van der Waals surface area contributed by atoms with Crippen molar-refractivity contribution in [1.82, 2.24) is 0 Å². The Kier molecular flexibility index (Phi) is 9.31. The highest BCUT2D eigenvalue weighted by atomic mass is 16.6. The number of allylic oxidation sites excluding steroid dienone is 5. The SMILES string of the molecule is C=CCC(CC=C)(CC=C)C(=O)O[C@H]1C[C@H](O)C=C2C=C[C@H](C)[C@H](CC[C@@H]3C[C@@H](O)CC(=O)O3)[C@H]21. The summed E-state index contributed by atoms with van der Waals surface area (Å²) >= 11 is 0. The molecule has 1 aliphatic heterocycles. The Hall–Kier alpha value is -2.44. The molecule has 0 bridgehead atoms. The van der Waals surface area contributed by atoms with Crippen LogP contribution in [0.15, 0.2) is 61.8 Å². The second-order valence-corrected chi connectivity index (χ2v) is 10.4. The maximum absolute atomic E-state index is 13.6. The van der Waals surface area contributed by atoms with Gasteiger partial charge in [-0.05, 0) is 49.5 Å². The normalized spacial score (nSPS) is 32.6. The van der Waals surface area contributed by atoms with E-state index in [1.807, 2.05) is 12.2 Å². The first-order valence-electron chi connectivity index (χ1n) is 12.7. The standard InChI is InChI=1S/C29H40O6/c1-5-12-29(13-6-2,14-7-3)28(33)35-25-17-21(30)15-20-9-8-19(4)24(27(20)25)11-10-23-16-22(31)18-26(32)34-23/h5-9,15,19,21-25,27,30-31H,1-3,10-14,16-18H2,4H3/t19-,21+,22+,23+,24-,25-,27-/m0/s1. The van der Waals surface area contributed by atoms with E-state index in [4.69, 9.17) is 9.47 Å². The van der Waals surface area contributed by atoms with Crippen LogP contribution in [0.5, 0.6) is 0 Å². The van der Waals surface area contributed by atoms with E-state index in [0.717, 1.165) is 12.0 Å². The van der Waals surface area contributed by atoms with Gasteiger partial charge in [0.15, 0.2) is 0 Å². The summed E-state index contributed by atoms with van der Waals surface area (Å²) in [6.45, 7) is 13.6. The first-order chi connectivity index (χ1) is 16.7. The molecule has 0 radical (unpaired) electrons. The Balaban J connectivity index is 1.82. The van der Waals surface area contributed by atoms with Crippen molar-refractivity contribution < 1.29 is 29.3 Å². The van der Waals surface area contributed by atoms with E-state index in [1.165, 1.54) is 0 Å². The molecular weight excluding hydrogens is 444 g/mol. The topological polar surface area (TPSA) is 93.1 Å². The third-order valence-electron chi connectivity index (χ3n) is 7.73. The van der Waals surface area contributed by atoms with E-state index >= 15 is 0 Å². The number of fused-ring (bicyclic) bond motifs is 1. The molecule has 0 saturated carbocycles. The van der Waals surface area contributed by atoms with Crippen LogP contribution in [0.3, 0.4) is 0 Å². The maximum Gasteiger partial charge on any atom is 0.313 e. The van der Waals surface area contributed by atoms with E-state index in [-0.39, 0.29) is 42.2 Å². The van der Waals surface area contributed by atoms with Crippen LogP contribution in [-0.4, -0.2) is 46.6 Å². The molecule has 1 fully saturated rings. The first kappa shape index (κ1) is 27.2. The molecule has 0 aromatic rings. The summed E-state index contributed by atoms with van der Waals surface area (Å²) in [7, 11) is 0. The molecule has 6 nitrogen and oxygen atoms in total. The second kappa shape index (κ2) is 12.0. The molecule has 0 aromatic heterocycles. The van der Waals surface area contributed by atoms with Crippen molar-refractivity contribution in [2.75, 3.05) is 0 Å². The molecule has 192 valence electrons. The molecule has 0 amide bonds. The monoisotopic (exact) mass is 484 g/mol. The van der Waals surface area contributed by atoms with Crippen molar-refractivity contribution in [2.45, 2.75) is 82.7 Å². The zero-order valence-electron chi connectivity index (χ0n) is 20.8. The van der Waals surface area contributed by atoms with E-state index in [0.29, 0.717) is 38.5 Å². The smallest absolute Gasteiger partial charge is 0.313 e. The molecule has 35 heavy (non-hydrogen) atoms. The Morgan fingerprint density at radius 3 is 2.40 bits per heavy atom. The fourth-order valence-corrected chi connectivity index (χ4v) is 5.99. The average Bonchev–Trinajstić information content (AvgIpc) is 2.78. The number of rotatable bonds is 11. The number of aliphatic hydroxyl groups excluding tert-OH is 2. The third kappa shape index (κ3) is 6.42. The number of carbonyl (C=O) groups excluding carboxylic acids is 2. The number of ether oxygens (including phenoxy) is 2. The van der Waals surface area contributed by atoms with Gasteiger partial charge < -0.3 is 19.7 Å². The first-order valence-corrected chi connectivity index (χ1v) is 12.7. The molecule has 7 atom stereocenters. The molecule has 0 aromatic carbocycles. The van der Waals surface area contributed by atoms with E-state index < -0.39 is 23.7 Å². The van der Waals surface area contributed by atoms with Crippen LogP contribution in [0.4, 0.5) is 0 Å². The van der Waals surface area contributed by atoms with Gasteiger partial charge >= 0.3 is 11.9 Å². The zero-order chi connectivity index (χ0) is 25.6. The maximum atomic E-state index is 13.6. The fourth-order valence-electron chi connectivity index (χ4n) is 5.99. The Bertz CT molecular complexity index is 844. The minimum Gasteiger partial charge on any atom is -0.462 e. The van der Waals surface area contributed by atoms with Crippen LogP contribution in [-0.2, 0) is 19.1 Å². The van der Waals surface area contributed by atoms with Crippen molar-refractivity contribution in [3.63, 3.8) is 0 Å². The quantitative estimate of drug-likeness (QED) is 0.329. The average molecular weight is 485 g/mol. The molecule has 3 rings (SSSR count). The number of aliphatic hydroxyl groups is 2. The number of esters is 2. The van der Waals surface area contributed by atoms with Gasteiger partial charge in [-0.3, -0.25) is 9.59 Å². The summed E-state index contributed by atoms with van der Waals surface area (Å²) < 4.78 is 11.7. The number of hydrogen-bond donors (Lipinski definition) is 2. The highest BCUT2D eigenvalue weighted by Gasteiger charge is 2.45. The molecule has 1 saturated heterocycles. The van der Waals surface area contributed by atoms with Gasteiger partial charge in [-0.2, -0.15) is 0 Å². The Morgan fingerprint density at radius 2 is 1.80 bits per heavy atom. The summed E-state index contributed by atoms with van der Waals surface area (Å²) in [4.78, 5) is 25.4. The van der Waals surface area contributed by atoms with Crippen molar-refractivity contribution in [2.24, 2.45) is 23.2 Å². The summed E-state index contributed by atoms with van der Waals surface area (Å²) in [6, 6.07) is 0. The van der Waals surface area contributed by atoms with Crippen molar-refractivity contribution in [3.05, 3.63) is 61.8 Å². The Morgan fingerprint density at radius 1 is 1.14 bits per heavy atom. The van der Waals surface area contributed by atoms with E-state index in [1.54, 1.807) is 18.2 Å². The lowest BCUT2D eigenvalue weighted by atomic mass is 9.66. The number of cyclic esters (lactones) is 1. The van der Waals surface area contributed by atoms with Crippen LogP contribution < -0.4 is 0 Å². The molecule has 2 N–H and O–H groups in total. The van der Waals surface area contributed by atoms with Gasteiger partial charge in [0.05, 0.1) is 24.0 Å². The third-order valence-corrected chi connectivity index (χ3v) is 7.73. The molecule has 0 spiro atoms. The summed E-state index contributed by atoms with van der Waals surface area (Å²) in [6.07, 6.45) is 12.6. The van der Waals surface area contributed by atoms with Crippen molar-refractivity contribution in [1.29, 1.82) is 0 Å².